The first-order valence-corrected chi connectivity index (χ1v) is 9.19. The van der Waals surface area contributed by atoms with Gasteiger partial charge in [0.15, 0.2) is 0 Å². The lowest BCUT2D eigenvalue weighted by Crippen LogP contribution is -2.21. The van der Waals surface area contributed by atoms with Gasteiger partial charge in [-0.15, -0.1) is 0 Å². The zero-order valence-corrected chi connectivity index (χ0v) is 14.3. The zero-order chi connectivity index (χ0) is 16.9. The third-order valence-corrected chi connectivity index (χ3v) is 4.67. The Kier molecular flexibility index (Phi) is 5.63. The molecule has 0 radical (unpaired) electrons. The maximum atomic E-state index is 11.2. The van der Waals surface area contributed by atoms with Crippen LogP contribution in [0.3, 0.4) is 0 Å². The van der Waals surface area contributed by atoms with Gasteiger partial charge >= 0.3 is 0 Å². The number of nitrogens with one attached hydrogen (secondary N) is 1. The van der Waals surface area contributed by atoms with Crippen molar-refractivity contribution in [3.05, 3.63) is 54.1 Å². The number of hydrogen-bond donors (Lipinski definition) is 2. The van der Waals surface area contributed by atoms with Crippen LogP contribution in [0.15, 0.2) is 53.4 Å². The number of sulfonamides is 1. The van der Waals surface area contributed by atoms with E-state index < -0.39 is 10.0 Å². The van der Waals surface area contributed by atoms with Gasteiger partial charge in [-0.25, -0.2) is 13.6 Å². The van der Waals surface area contributed by atoms with Gasteiger partial charge in [-0.3, -0.25) is 0 Å². The Morgan fingerprint density at radius 3 is 2.00 bits per heavy atom. The molecule has 0 amide bonds. The first-order valence-electron chi connectivity index (χ1n) is 7.64. The van der Waals surface area contributed by atoms with Gasteiger partial charge in [0, 0.05) is 31.0 Å². The lowest BCUT2D eigenvalue weighted by atomic mass is 10.2. The summed E-state index contributed by atoms with van der Waals surface area (Å²) >= 11 is 0. The predicted octanol–water partition coefficient (Wildman–Crippen LogP) is 2.79. The fraction of sp³-hybridized carbons (Fsp3) is 0.294. The van der Waals surface area contributed by atoms with Crippen LogP contribution in [0.25, 0.3) is 0 Å². The minimum atomic E-state index is -3.64. The molecule has 124 valence electrons. The number of primary sulfonamides is 1. The van der Waals surface area contributed by atoms with Gasteiger partial charge < -0.3 is 10.2 Å². The third kappa shape index (κ3) is 4.71. The number of hydrogen-bond acceptors (Lipinski definition) is 4. The average Bonchev–Trinajstić information content (AvgIpc) is 2.55. The summed E-state index contributed by atoms with van der Waals surface area (Å²) in [7, 11) is -3.64. The van der Waals surface area contributed by atoms with E-state index in [4.69, 9.17) is 5.14 Å². The van der Waals surface area contributed by atoms with Gasteiger partial charge in [-0.2, -0.15) is 0 Å². The smallest absolute Gasteiger partial charge is 0.238 e. The lowest BCUT2D eigenvalue weighted by Gasteiger charge is -2.21. The van der Waals surface area contributed by atoms with Crippen molar-refractivity contribution in [2.45, 2.75) is 25.3 Å². The van der Waals surface area contributed by atoms with E-state index in [-0.39, 0.29) is 4.90 Å². The van der Waals surface area contributed by atoms with Crippen LogP contribution in [0.5, 0.6) is 0 Å². The van der Waals surface area contributed by atoms with Crippen molar-refractivity contribution in [2.24, 2.45) is 5.14 Å². The van der Waals surface area contributed by atoms with Crippen LogP contribution in [0.4, 0.5) is 11.4 Å². The Bertz CT molecular complexity index is 721. The van der Waals surface area contributed by atoms with Gasteiger partial charge in [0.1, 0.15) is 0 Å². The Morgan fingerprint density at radius 1 is 0.957 bits per heavy atom. The molecule has 0 aliphatic rings. The molecule has 0 saturated carbocycles. The van der Waals surface area contributed by atoms with Crippen molar-refractivity contribution in [3.8, 4) is 0 Å². The molecule has 0 spiro atoms. The molecule has 3 N–H and O–H groups in total. The summed E-state index contributed by atoms with van der Waals surface area (Å²) in [4.78, 5) is 2.41. The van der Waals surface area contributed by atoms with E-state index in [2.05, 4.69) is 48.3 Å². The summed E-state index contributed by atoms with van der Waals surface area (Å²) in [5.41, 5.74) is 3.23. The highest BCUT2D eigenvalue weighted by Crippen LogP contribution is 2.17. The molecule has 2 aromatic carbocycles. The van der Waals surface area contributed by atoms with E-state index in [0.717, 1.165) is 24.3 Å². The largest absolute Gasteiger partial charge is 0.381 e. The first kappa shape index (κ1) is 17.3. The van der Waals surface area contributed by atoms with Gasteiger partial charge in [-0.05, 0) is 55.8 Å². The summed E-state index contributed by atoms with van der Waals surface area (Å²) in [6.45, 7) is 6.94. The number of anilines is 2. The minimum absolute atomic E-state index is 0.117. The molecule has 0 aromatic heterocycles. The minimum Gasteiger partial charge on any atom is -0.381 e. The Morgan fingerprint density at radius 2 is 1.52 bits per heavy atom. The monoisotopic (exact) mass is 333 g/mol. The average molecular weight is 333 g/mol. The third-order valence-electron chi connectivity index (χ3n) is 3.74. The summed E-state index contributed by atoms with van der Waals surface area (Å²) in [5, 5.41) is 8.35. The van der Waals surface area contributed by atoms with Crippen LogP contribution in [0.1, 0.15) is 19.4 Å². The molecule has 0 saturated heterocycles. The van der Waals surface area contributed by atoms with Crippen molar-refractivity contribution in [3.63, 3.8) is 0 Å². The molecule has 0 aliphatic carbocycles. The summed E-state index contributed by atoms with van der Waals surface area (Å²) < 4.78 is 22.4. The van der Waals surface area contributed by atoms with Gasteiger partial charge in [-0.1, -0.05) is 12.1 Å². The van der Waals surface area contributed by atoms with Crippen LogP contribution >= 0.6 is 0 Å². The second kappa shape index (κ2) is 7.48. The highest BCUT2D eigenvalue weighted by molar-refractivity contribution is 7.89. The maximum absolute atomic E-state index is 11.2. The van der Waals surface area contributed by atoms with E-state index in [1.54, 1.807) is 12.1 Å². The first-order chi connectivity index (χ1) is 10.9. The lowest BCUT2D eigenvalue weighted by molar-refractivity contribution is 0.598. The molecule has 6 heteroatoms. The van der Waals surface area contributed by atoms with Crippen molar-refractivity contribution in [1.29, 1.82) is 0 Å². The second-order valence-electron chi connectivity index (χ2n) is 5.26. The fourth-order valence-corrected chi connectivity index (χ4v) is 2.90. The molecule has 0 atom stereocenters. The second-order valence-corrected chi connectivity index (χ2v) is 6.82. The number of nitrogens with zero attached hydrogens (tertiary/aromatic N) is 1. The van der Waals surface area contributed by atoms with E-state index in [1.165, 1.54) is 17.8 Å². The Hall–Kier alpha value is -2.05. The molecule has 0 aliphatic heterocycles. The van der Waals surface area contributed by atoms with Crippen LogP contribution in [0, 0.1) is 0 Å². The van der Waals surface area contributed by atoms with E-state index in [9.17, 15) is 8.42 Å². The van der Waals surface area contributed by atoms with E-state index >= 15 is 0 Å². The fourth-order valence-electron chi connectivity index (χ4n) is 2.38. The topological polar surface area (TPSA) is 75.4 Å². The number of nitrogens with two attached hydrogens (primary N) is 1. The summed E-state index contributed by atoms with van der Waals surface area (Å²) in [6.07, 6.45) is 0. The van der Waals surface area contributed by atoms with Crippen molar-refractivity contribution in [2.75, 3.05) is 23.3 Å². The highest BCUT2D eigenvalue weighted by Gasteiger charge is 2.06. The quantitative estimate of drug-likeness (QED) is 0.817. The molecular formula is C17H23N3O2S. The highest BCUT2D eigenvalue weighted by atomic mass is 32.2. The van der Waals surface area contributed by atoms with Crippen molar-refractivity contribution < 1.29 is 8.42 Å². The molecular weight excluding hydrogens is 310 g/mol. The number of rotatable bonds is 7. The zero-order valence-electron chi connectivity index (χ0n) is 13.5. The van der Waals surface area contributed by atoms with E-state index in [0.29, 0.717) is 6.54 Å². The molecule has 0 fully saturated rings. The molecule has 0 unspecified atom stereocenters. The Labute approximate surface area is 138 Å². The van der Waals surface area contributed by atoms with Crippen LogP contribution < -0.4 is 15.4 Å². The van der Waals surface area contributed by atoms with Crippen LogP contribution in [-0.4, -0.2) is 21.5 Å². The van der Waals surface area contributed by atoms with Crippen molar-refractivity contribution in [1.82, 2.24) is 0 Å². The summed E-state index contributed by atoms with van der Waals surface area (Å²) in [6, 6.07) is 14.9. The number of benzene rings is 2. The molecule has 5 nitrogen and oxygen atoms in total. The predicted molar refractivity (Wildman–Crippen MR) is 95.1 cm³/mol. The SMILES string of the molecule is CCN(CC)c1ccc(CNc2ccc(S(N)(=O)=O)cc2)cc1. The summed E-state index contributed by atoms with van der Waals surface area (Å²) in [5.74, 6) is 0. The molecule has 0 heterocycles. The van der Waals surface area contributed by atoms with Crippen LogP contribution in [-0.2, 0) is 16.6 Å². The normalized spacial score (nSPS) is 11.3. The van der Waals surface area contributed by atoms with Crippen molar-refractivity contribution >= 4 is 21.4 Å². The molecule has 2 rings (SSSR count). The van der Waals surface area contributed by atoms with E-state index in [1.807, 2.05) is 0 Å². The van der Waals surface area contributed by atoms with Gasteiger partial charge in [0.25, 0.3) is 0 Å². The van der Waals surface area contributed by atoms with Gasteiger partial charge in [0.2, 0.25) is 10.0 Å². The maximum Gasteiger partial charge on any atom is 0.238 e. The van der Waals surface area contributed by atoms with Gasteiger partial charge in [0.05, 0.1) is 4.90 Å². The van der Waals surface area contributed by atoms with Crippen LogP contribution in [0.2, 0.25) is 0 Å². The molecule has 0 bridgehead atoms. The molecule has 23 heavy (non-hydrogen) atoms. The standard InChI is InChI=1S/C17H23N3O2S/c1-3-20(4-2)16-9-5-14(6-10-16)13-19-15-7-11-17(12-8-15)23(18,21)22/h5-12,19H,3-4,13H2,1-2H3,(H2,18,21,22). The Balaban J connectivity index is 1.98. The molecule has 2 aromatic rings.